The van der Waals surface area contributed by atoms with E-state index in [2.05, 4.69) is 28.9 Å². The third-order valence-corrected chi connectivity index (χ3v) is 2.82. The number of hydrogen-bond donors (Lipinski definition) is 0. The summed E-state index contributed by atoms with van der Waals surface area (Å²) in [6, 6.07) is 10.2. The van der Waals surface area contributed by atoms with Gasteiger partial charge in [-0.1, -0.05) is 42.2 Å². The van der Waals surface area contributed by atoms with Gasteiger partial charge in [-0.3, -0.25) is 4.90 Å². The molecule has 0 bridgehead atoms. The molecule has 2 rings (SSSR count). The van der Waals surface area contributed by atoms with Crippen molar-refractivity contribution in [3.63, 3.8) is 0 Å². The fourth-order valence-corrected chi connectivity index (χ4v) is 1.77. The first-order valence-electron chi connectivity index (χ1n) is 6.32. The van der Waals surface area contributed by atoms with Crippen LogP contribution in [0, 0.1) is 11.8 Å². The zero-order chi connectivity index (χ0) is 12.5. The molecular weight excluding hydrogens is 262 g/mol. The minimum absolute atomic E-state index is 0. The number of morpholine rings is 1. The molecular formula is C15H20ClNO2. The summed E-state index contributed by atoms with van der Waals surface area (Å²) in [6.07, 6.45) is 0. The van der Waals surface area contributed by atoms with E-state index in [9.17, 15) is 0 Å². The predicted octanol–water partition coefficient (Wildman–Crippen LogP) is -1.34. The van der Waals surface area contributed by atoms with Crippen LogP contribution in [-0.2, 0) is 16.1 Å². The maximum absolute atomic E-state index is 5.49. The summed E-state index contributed by atoms with van der Waals surface area (Å²) in [6.45, 7) is 5.57. The van der Waals surface area contributed by atoms with E-state index in [4.69, 9.17) is 9.47 Å². The second kappa shape index (κ2) is 9.82. The van der Waals surface area contributed by atoms with Gasteiger partial charge in [0, 0.05) is 13.1 Å². The Kier molecular flexibility index (Phi) is 8.28. The van der Waals surface area contributed by atoms with Crippen LogP contribution in [0.1, 0.15) is 6.99 Å². The van der Waals surface area contributed by atoms with E-state index in [0.29, 0.717) is 13.2 Å². The van der Waals surface area contributed by atoms with E-state index >= 15 is 0 Å². The van der Waals surface area contributed by atoms with E-state index < -0.39 is 0 Å². The Morgan fingerprint density at radius 3 is 2.63 bits per heavy atom. The molecule has 1 saturated heterocycles. The maximum Gasteiger partial charge on any atom is 1.00 e. The van der Waals surface area contributed by atoms with Crippen LogP contribution in [0.25, 0.3) is 0 Å². The smallest absolute Gasteiger partial charge is 1.00 e. The summed E-state index contributed by atoms with van der Waals surface area (Å²) < 4.78 is 10.8. The van der Waals surface area contributed by atoms with Crippen LogP contribution in [-0.4, -0.2) is 44.4 Å². The standard InChI is InChI=1S/C15H19NO2.ClH/c1-2-6-15(7-3-1)14-18-11-5-4-8-16-9-12-17-13-10-16;/h1-3,6-7H,8-14H2;1H. The Morgan fingerprint density at radius 2 is 1.89 bits per heavy atom. The first kappa shape index (κ1) is 16.0. The first-order chi connectivity index (χ1) is 8.95. The summed E-state index contributed by atoms with van der Waals surface area (Å²) in [5, 5.41) is 0. The average Bonchev–Trinajstić information content (AvgIpc) is 2.45. The van der Waals surface area contributed by atoms with Crippen LogP contribution in [0.15, 0.2) is 30.3 Å². The molecule has 0 spiro atoms. The van der Waals surface area contributed by atoms with Crippen molar-refractivity contribution in [2.45, 2.75) is 6.61 Å². The van der Waals surface area contributed by atoms with Crippen LogP contribution in [0.3, 0.4) is 0 Å². The second-order valence-corrected chi connectivity index (χ2v) is 4.22. The highest BCUT2D eigenvalue weighted by Crippen LogP contribution is 1.99. The molecule has 3 nitrogen and oxygen atoms in total. The lowest BCUT2D eigenvalue weighted by Gasteiger charge is -2.24. The number of halogens is 1. The number of nitrogens with zero attached hydrogens (tertiary/aromatic N) is 1. The molecule has 0 N–H and O–H groups in total. The molecule has 0 saturated carbocycles. The number of benzene rings is 1. The Balaban J connectivity index is 0.00000180. The van der Waals surface area contributed by atoms with Crippen LogP contribution >= 0.6 is 0 Å². The molecule has 0 atom stereocenters. The molecule has 1 aliphatic rings. The van der Waals surface area contributed by atoms with Crippen molar-refractivity contribution in [1.82, 2.24) is 4.90 Å². The molecule has 1 aromatic rings. The Labute approximate surface area is 122 Å². The van der Waals surface area contributed by atoms with Gasteiger partial charge in [-0.2, -0.15) is 0 Å². The zero-order valence-corrected chi connectivity index (χ0v) is 11.7. The van der Waals surface area contributed by atoms with Gasteiger partial charge in [0.15, 0.2) is 0 Å². The molecule has 4 heteroatoms. The lowest BCUT2D eigenvalue weighted by atomic mass is 10.2. The van der Waals surface area contributed by atoms with Crippen molar-refractivity contribution in [1.29, 1.82) is 0 Å². The molecule has 0 aromatic heterocycles. The Hall–Kier alpha value is -1.05. The fraction of sp³-hybridized carbons (Fsp3) is 0.467. The molecule has 0 radical (unpaired) electrons. The van der Waals surface area contributed by atoms with Crippen molar-refractivity contribution in [3.05, 3.63) is 35.9 Å². The minimum atomic E-state index is 0. The quantitative estimate of drug-likeness (QED) is 0.504. The van der Waals surface area contributed by atoms with E-state index in [1.165, 1.54) is 5.56 Å². The molecule has 0 amide bonds. The molecule has 19 heavy (non-hydrogen) atoms. The topological polar surface area (TPSA) is 21.7 Å². The molecule has 1 heterocycles. The van der Waals surface area contributed by atoms with Gasteiger partial charge in [0.25, 0.3) is 0 Å². The van der Waals surface area contributed by atoms with Crippen molar-refractivity contribution in [2.75, 3.05) is 39.5 Å². The van der Waals surface area contributed by atoms with E-state index in [1.807, 2.05) is 18.2 Å². The molecule has 0 aliphatic carbocycles. The summed E-state index contributed by atoms with van der Waals surface area (Å²) in [7, 11) is 0. The van der Waals surface area contributed by atoms with Crippen molar-refractivity contribution < 1.29 is 23.3 Å². The van der Waals surface area contributed by atoms with E-state index in [0.717, 1.165) is 32.8 Å². The molecule has 1 fully saturated rings. The maximum atomic E-state index is 5.49. The van der Waals surface area contributed by atoms with Gasteiger partial charge in [0.2, 0.25) is 0 Å². The number of hydrogen-bond acceptors (Lipinski definition) is 3. The monoisotopic (exact) mass is 281 g/mol. The van der Waals surface area contributed by atoms with Gasteiger partial charge in [-0.15, -0.1) is 0 Å². The van der Waals surface area contributed by atoms with Crippen LogP contribution in [0.2, 0.25) is 0 Å². The minimum Gasteiger partial charge on any atom is -1.00 e. The third kappa shape index (κ3) is 6.60. The zero-order valence-electron chi connectivity index (χ0n) is 12.0. The summed E-state index contributed by atoms with van der Waals surface area (Å²) in [5.41, 5.74) is 1.19. The summed E-state index contributed by atoms with van der Waals surface area (Å²) in [4.78, 5) is 2.30. The largest absolute Gasteiger partial charge is 1.00 e. The molecule has 1 aromatic carbocycles. The van der Waals surface area contributed by atoms with Gasteiger partial charge in [-0.05, 0) is 5.56 Å². The van der Waals surface area contributed by atoms with E-state index in [-0.39, 0.29) is 13.8 Å². The van der Waals surface area contributed by atoms with Crippen LogP contribution in [0.4, 0.5) is 0 Å². The lowest BCUT2D eigenvalue weighted by molar-refractivity contribution is -0.00000556. The number of ether oxygens (including phenoxy) is 2. The lowest BCUT2D eigenvalue weighted by Crippen LogP contribution is -3.00. The molecule has 0 unspecified atom stereocenters. The highest BCUT2D eigenvalue weighted by molar-refractivity contribution is 5.13. The van der Waals surface area contributed by atoms with Gasteiger partial charge >= 0.3 is 1.43 Å². The molecule has 104 valence electrons. The number of rotatable bonds is 4. The van der Waals surface area contributed by atoms with Gasteiger partial charge in [0.1, 0.15) is 6.61 Å². The van der Waals surface area contributed by atoms with Crippen LogP contribution < -0.4 is 12.4 Å². The fourth-order valence-electron chi connectivity index (χ4n) is 1.77. The predicted molar refractivity (Wildman–Crippen MR) is 72.2 cm³/mol. The van der Waals surface area contributed by atoms with Crippen LogP contribution in [0.5, 0.6) is 0 Å². The Morgan fingerprint density at radius 1 is 1.16 bits per heavy atom. The van der Waals surface area contributed by atoms with Crippen molar-refractivity contribution >= 4 is 0 Å². The highest BCUT2D eigenvalue weighted by Gasteiger charge is 2.07. The SMILES string of the molecule is C(#CCN1CCOCC1)COCc1ccccc1.[Cl-].[H+]. The van der Waals surface area contributed by atoms with Crippen molar-refractivity contribution in [2.24, 2.45) is 0 Å². The first-order valence-corrected chi connectivity index (χ1v) is 6.32. The summed E-state index contributed by atoms with van der Waals surface area (Å²) >= 11 is 0. The van der Waals surface area contributed by atoms with Crippen molar-refractivity contribution in [3.8, 4) is 11.8 Å². The van der Waals surface area contributed by atoms with E-state index in [1.54, 1.807) is 0 Å². The van der Waals surface area contributed by atoms with Gasteiger partial charge in [0.05, 0.1) is 26.4 Å². The highest BCUT2D eigenvalue weighted by atomic mass is 35.5. The van der Waals surface area contributed by atoms with Gasteiger partial charge < -0.3 is 21.9 Å². The van der Waals surface area contributed by atoms with Gasteiger partial charge in [-0.25, -0.2) is 0 Å². The second-order valence-electron chi connectivity index (χ2n) is 4.22. The normalized spacial score (nSPS) is 15.2. The average molecular weight is 282 g/mol. The molecule has 1 aliphatic heterocycles. The summed E-state index contributed by atoms with van der Waals surface area (Å²) in [5.74, 6) is 6.18. The third-order valence-electron chi connectivity index (χ3n) is 2.82. The Bertz CT molecular complexity index is 399.